The van der Waals surface area contributed by atoms with Crippen LogP contribution in [0.1, 0.15) is 40.7 Å². The zero-order valence-electron chi connectivity index (χ0n) is 26.7. The second kappa shape index (κ2) is 10.3. The average molecular weight is 615 g/mol. The van der Waals surface area contributed by atoms with Crippen molar-refractivity contribution >= 4 is 44.2 Å². The lowest BCUT2D eigenvalue weighted by atomic mass is 9.62. The van der Waals surface area contributed by atoms with Crippen molar-refractivity contribution in [2.45, 2.75) is 24.8 Å². The van der Waals surface area contributed by atoms with Crippen LogP contribution in [0.25, 0.3) is 38.2 Å². The number of anilines is 3. The van der Waals surface area contributed by atoms with E-state index >= 15 is 0 Å². The van der Waals surface area contributed by atoms with E-state index in [0.717, 1.165) is 30.8 Å². The third-order valence-electron chi connectivity index (χ3n) is 10.9. The average Bonchev–Trinajstić information content (AvgIpc) is 3.44. The third-order valence-corrected chi connectivity index (χ3v) is 10.9. The number of nitrogens with zero attached hydrogens (tertiary/aromatic N) is 1. The molecule has 2 heteroatoms. The Bertz CT molecular complexity index is 2500. The SMILES string of the molecule is Nc1cccc2c1N(Cc1ccccc1)c1ccccc1C21C2=C(C=CCC2)c2c(-c3cc4ccccc4c4ccccc34)cccc21. The summed E-state index contributed by atoms with van der Waals surface area (Å²) in [6.45, 7) is 0.747. The molecule has 7 aromatic carbocycles. The summed E-state index contributed by atoms with van der Waals surface area (Å²) in [5.41, 5.74) is 21.8. The summed E-state index contributed by atoms with van der Waals surface area (Å²) >= 11 is 0. The monoisotopic (exact) mass is 614 g/mol. The molecule has 0 amide bonds. The van der Waals surface area contributed by atoms with Crippen molar-refractivity contribution in [3.63, 3.8) is 0 Å². The molecule has 0 radical (unpaired) electrons. The maximum Gasteiger partial charge on any atom is 0.0718 e. The molecule has 2 nitrogen and oxygen atoms in total. The minimum atomic E-state index is -0.452. The van der Waals surface area contributed by atoms with Crippen LogP contribution in [0, 0.1) is 0 Å². The summed E-state index contributed by atoms with van der Waals surface area (Å²) in [7, 11) is 0. The molecular weight excluding hydrogens is 581 g/mol. The molecular formula is C46H34N2. The Morgan fingerprint density at radius 3 is 2.21 bits per heavy atom. The van der Waals surface area contributed by atoms with Crippen molar-refractivity contribution in [1.82, 2.24) is 0 Å². The molecule has 1 unspecified atom stereocenters. The molecule has 1 spiro atoms. The minimum absolute atomic E-state index is 0.452. The molecule has 2 N–H and O–H groups in total. The van der Waals surface area contributed by atoms with Crippen molar-refractivity contribution in [2.24, 2.45) is 0 Å². The van der Waals surface area contributed by atoms with Gasteiger partial charge in [0.05, 0.1) is 16.8 Å². The number of hydrogen-bond donors (Lipinski definition) is 1. The first-order valence-electron chi connectivity index (χ1n) is 17.0. The fraction of sp³-hybridized carbons (Fsp3) is 0.0870. The van der Waals surface area contributed by atoms with Gasteiger partial charge in [0.2, 0.25) is 0 Å². The summed E-state index contributed by atoms with van der Waals surface area (Å²) in [5.74, 6) is 0. The third kappa shape index (κ3) is 3.63. The van der Waals surface area contributed by atoms with E-state index in [1.807, 2.05) is 0 Å². The molecule has 0 bridgehead atoms. The van der Waals surface area contributed by atoms with E-state index in [1.54, 1.807) is 0 Å². The van der Waals surface area contributed by atoms with E-state index < -0.39 is 5.41 Å². The topological polar surface area (TPSA) is 29.3 Å². The summed E-state index contributed by atoms with van der Waals surface area (Å²) in [5, 5.41) is 5.14. The molecule has 7 aromatic rings. The van der Waals surface area contributed by atoms with E-state index in [1.165, 1.54) is 77.3 Å². The lowest BCUT2D eigenvalue weighted by molar-refractivity contribution is 0.678. The zero-order valence-corrected chi connectivity index (χ0v) is 26.7. The van der Waals surface area contributed by atoms with Gasteiger partial charge in [0, 0.05) is 12.2 Å². The second-order valence-corrected chi connectivity index (χ2v) is 13.3. The van der Waals surface area contributed by atoms with Crippen LogP contribution < -0.4 is 10.6 Å². The van der Waals surface area contributed by atoms with Crippen LogP contribution in [-0.4, -0.2) is 0 Å². The molecule has 2 aliphatic carbocycles. The number of fused-ring (bicyclic) bond motifs is 11. The Kier molecular flexibility index (Phi) is 5.86. The van der Waals surface area contributed by atoms with Crippen LogP contribution in [0.2, 0.25) is 0 Å². The molecule has 1 atom stereocenters. The molecule has 228 valence electrons. The first kappa shape index (κ1) is 27.3. The van der Waals surface area contributed by atoms with Gasteiger partial charge in [-0.1, -0.05) is 140 Å². The number of para-hydroxylation sites is 2. The molecule has 0 fully saturated rings. The van der Waals surface area contributed by atoms with Crippen molar-refractivity contribution < 1.29 is 0 Å². The highest BCUT2D eigenvalue weighted by molar-refractivity contribution is 6.15. The van der Waals surface area contributed by atoms with E-state index in [2.05, 4.69) is 163 Å². The van der Waals surface area contributed by atoms with Gasteiger partial charge in [-0.05, 0) is 103 Å². The number of nitrogen functional groups attached to an aromatic ring is 1. The number of allylic oxidation sites excluding steroid dienone is 4. The van der Waals surface area contributed by atoms with Crippen molar-refractivity contribution in [3.05, 3.63) is 191 Å². The van der Waals surface area contributed by atoms with Crippen LogP contribution in [0.15, 0.2) is 163 Å². The standard InChI is InChI=1S/C46H34N2/c47-42-26-13-25-41-45(42)48(29-30-14-2-1-3-15-30)43-27-11-10-23-39(43)46(41)38-22-9-8-20-36(38)44-35(21-12-24-40(44)46)37-28-31-16-4-5-17-32(31)33-18-6-7-19-34(33)37/h1-8,10-21,23-28H,9,22,29,47H2. The summed E-state index contributed by atoms with van der Waals surface area (Å²) in [4.78, 5) is 2.46. The van der Waals surface area contributed by atoms with Gasteiger partial charge in [0.1, 0.15) is 0 Å². The van der Waals surface area contributed by atoms with Crippen LogP contribution in [-0.2, 0) is 12.0 Å². The fourth-order valence-corrected chi connectivity index (χ4v) is 9.11. The van der Waals surface area contributed by atoms with Gasteiger partial charge in [-0.25, -0.2) is 0 Å². The highest BCUT2D eigenvalue weighted by Crippen LogP contribution is 2.65. The smallest absolute Gasteiger partial charge is 0.0718 e. The number of rotatable bonds is 3. The Morgan fingerprint density at radius 2 is 1.31 bits per heavy atom. The molecule has 1 aliphatic heterocycles. The maximum absolute atomic E-state index is 7.05. The Hall–Kier alpha value is -5.86. The molecule has 48 heavy (non-hydrogen) atoms. The van der Waals surface area contributed by atoms with E-state index in [4.69, 9.17) is 5.73 Å². The first-order valence-corrected chi connectivity index (χ1v) is 17.0. The van der Waals surface area contributed by atoms with Gasteiger partial charge in [-0.3, -0.25) is 0 Å². The highest BCUT2D eigenvalue weighted by atomic mass is 15.2. The quantitative estimate of drug-likeness (QED) is 0.158. The van der Waals surface area contributed by atoms with Crippen molar-refractivity contribution in [2.75, 3.05) is 10.6 Å². The predicted molar refractivity (Wildman–Crippen MR) is 202 cm³/mol. The predicted octanol–water partition coefficient (Wildman–Crippen LogP) is 11.3. The minimum Gasteiger partial charge on any atom is -0.397 e. The Labute approximate surface area is 281 Å². The van der Waals surface area contributed by atoms with Gasteiger partial charge >= 0.3 is 0 Å². The number of nitrogens with two attached hydrogens (primary N) is 1. The molecule has 0 saturated carbocycles. The van der Waals surface area contributed by atoms with Crippen LogP contribution in [0.4, 0.5) is 17.1 Å². The largest absolute Gasteiger partial charge is 0.397 e. The van der Waals surface area contributed by atoms with Gasteiger partial charge in [0.25, 0.3) is 0 Å². The van der Waals surface area contributed by atoms with Gasteiger partial charge in [-0.2, -0.15) is 0 Å². The van der Waals surface area contributed by atoms with E-state index in [-0.39, 0.29) is 0 Å². The molecule has 3 aliphatic rings. The summed E-state index contributed by atoms with van der Waals surface area (Å²) < 4.78 is 0. The Morgan fingerprint density at radius 1 is 0.604 bits per heavy atom. The van der Waals surface area contributed by atoms with Crippen LogP contribution in [0.3, 0.4) is 0 Å². The highest BCUT2D eigenvalue weighted by Gasteiger charge is 2.53. The van der Waals surface area contributed by atoms with Crippen molar-refractivity contribution in [3.8, 4) is 11.1 Å². The number of benzene rings is 7. The number of hydrogen-bond acceptors (Lipinski definition) is 2. The van der Waals surface area contributed by atoms with Crippen LogP contribution >= 0.6 is 0 Å². The van der Waals surface area contributed by atoms with E-state index in [9.17, 15) is 0 Å². The first-order chi connectivity index (χ1) is 23.7. The lowest BCUT2D eigenvalue weighted by Crippen LogP contribution is -2.38. The van der Waals surface area contributed by atoms with E-state index in [0.29, 0.717) is 0 Å². The van der Waals surface area contributed by atoms with Gasteiger partial charge < -0.3 is 10.6 Å². The molecule has 10 rings (SSSR count). The summed E-state index contributed by atoms with van der Waals surface area (Å²) in [6.07, 6.45) is 6.80. The summed E-state index contributed by atoms with van der Waals surface area (Å²) in [6, 6.07) is 53.5. The second-order valence-electron chi connectivity index (χ2n) is 13.3. The van der Waals surface area contributed by atoms with Gasteiger partial charge in [-0.15, -0.1) is 0 Å². The maximum atomic E-state index is 7.05. The molecule has 1 heterocycles. The van der Waals surface area contributed by atoms with Gasteiger partial charge in [0.15, 0.2) is 0 Å². The fourth-order valence-electron chi connectivity index (χ4n) is 9.11. The molecule has 0 aromatic heterocycles. The van der Waals surface area contributed by atoms with Crippen LogP contribution in [0.5, 0.6) is 0 Å². The van der Waals surface area contributed by atoms with Crippen molar-refractivity contribution in [1.29, 1.82) is 0 Å². The normalized spacial score (nSPS) is 17.5. The zero-order chi connectivity index (χ0) is 31.8. The lowest BCUT2D eigenvalue weighted by Gasteiger charge is -2.46. The molecule has 0 saturated heterocycles. The Balaban J connectivity index is 1.31.